The molecule has 0 radical (unpaired) electrons. The van der Waals surface area contributed by atoms with Crippen molar-refractivity contribution in [3.05, 3.63) is 65.9 Å². The van der Waals surface area contributed by atoms with Gasteiger partial charge in [-0.2, -0.15) is 0 Å². The van der Waals surface area contributed by atoms with Gasteiger partial charge >= 0.3 is 0 Å². The molecule has 2 aromatic carbocycles. The summed E-state index contributed by atoms with van der Waals surface area (Å²) in [6.45, 7) is 0. The van der Waals surface area contributed by atoms with Crippen LogP contribution in [0.3, 0.4) is 0 Å². The molecule has 1 aromatic heterocycles. The number of aromatic nitrogens is 1. The lowest BCUT2D eigenvalue weighted by molar-refractivity contribution is -0.115. The lowest BCUT2D eigenvalue weighted by atomic mass is 10.1. The highest BCUT2D eigenvalue weighted by Gasteiger charge is 2.12. The third-order valence-electron chi connectivity index (χ3n) is 3.22. The number of anilines is 1. The predicted molar refractivity (Wildman–Crippen MR) is 77.0 cm³/mol. The Bertz CT molecular complexity index is 794. The Labute approximate surface area is 119 Å². The summed E-state index contributed by atoms with van der Waals surface area (Å²) in [6.07, 6.45) is 1.66. The van der Waals surface area contributed by atoms with Gasteiger partial charge in [0.1, 0.15) is 11.6 Å². The maximum atomic E-state index is 13.8. The molecule has 3 aromatic rings. The van der Waals surface area contributed by atoms with Crippen LogP contribution in [0, 0.1) is 11.6 Å². The number of nitrogens with one attached hydrogen (secondary N) is 2. The Kier molecular flexibility index (Phi) is 3.39. The zero-order chi connectivity index (χ0) is 14.8. The zero-order valence-corrected chi connectivity index (χ0v) is 11.0. The van der Waals surface area contributed by atoms with Crippen molar-refractivity contribution in [3.63, 3.8) is 0 Å². The monoisotopic (exact) mass is 286 g/mol. The quantitative estimate of drug-likeness (QED) is 0.758. The summed E-state index contributed by atoms with van der Waals surface area (Å²) in [5.74, 6) is -1.02. The molecule has 0 aliphatic heterocycles. The average molecular weight is 286 g/mol. The maximum absolute atomic E-state index is 13.8. The Morgan fingerprint density at radius 1 is 1.10 bits per heavy atom. The van der Waals surface area contributed by atoms with Crippen LogP contribution in [0.2, 0.25) is 0 Å². The van der Waals surface area contributed by atoms with E-state index in [-0.39, 0.29) is 24.0 Å². The molecule has 0 unspecified atom stereocenters. The fraction of sp³-hybridized carbons (Fsp3) is 0.0625. The van der Waals surface area contributed by atoms with E-state index in [4.69, 9.17) is 0 Å². The first-order chi connectivity index (χ1) is 10.1. The van der Waals surface area contributed by atoms with Gasteiger partial charge in [0.2, 0.25) is 5.91 Å². The summed E-state index contributed by atoms with van der Waals surface area (Å²) in [5, 5.41) is 3.07. The van der Waals surface area contributed by atoms with Crippen LogP contribution in [0.25, 0.3) is 10.9 Å². The van der Waals surface area contributed by atoms with E-state index in [1.165, 1.54) is 30.3 Å². The van der Waals surface area contributed by atoms with Crippen molar-refractivity contribution in [1.82, 2.24) is 4.98 Å². The molecular weight excluding hydrogens is 274 g/mol. The van der Waals surface area contributed by atoms with Crippen LogP contribution in [0.1, 0.15) is 5.56 Å². The number of hydrogen-bond donors (Lipinski definition) is 2. The molecule has 106 valence electrons. The number of aromatic amines is 1. The van der Waals surface area contributed by atoms with Gasteiger partial charge in [-0.3, -0.25) is 4.79 Å². The number of amides is 1. The van der Waals surface area contributed by atoms with Gasteiger partial charge in [0.25, 0.3) is 0 Å². The minimum atomic E-state index is -0.369. The van der Waals surface area contributed by atoms with Gasteiger partial charge in [-0.05, 0) is 42.0 Å². The Balaban J connectivity index is 1.79. The molecular formula is C16H12F2N2O. The van der Waals surface area contributed by atoms with E-state index < -0.39 is 0 Å². The summed E-state index contributed by atoms with van der Waals surface area (Å²) in [7, 11) is 0. The third kappa shape index (κ3) is 2.76. The van der Waals surface area contributed by atoms with Gasteiger partial charge in [0, 0.05) is 22.8 Å². The molecule has 21 heavy (non-hydrogen) atoms. The second kappa shape index (κ2) is 5.36. The van der Waals surface area contributed by atoms with Gasteiger partial charge in [-0.25, -0.2) is 8.78 Å². The highest BCUT2D eigenvalue weighted by atomic mass is 19.1. The van der Waals surface area contributed by atoms with Crippen molar-refractivity contribution in [2.75, 3.05) is 5.32 Å². The zero-order valence-electron chi connectivity index (χ0n) is 11.0. The van der Waals surface area contributed by atoms with Gasteiger partial charge in [0.15, 0.2) is 0 Å². The number of fused-ring (bicyclic) bond motifs is 1. The molecule has 0 saturated carbocycles. The molecule has 1 amide bonds. The summed E-state index contributed by atoms with van der Waals surface area (Å²) in [6, 6.07) is 10.2. The number of rotatable bonds is 3. The van der Waals surface area contributed by atoms with Crippen LogP contribution in [-0.2, 0) is 11.2 Å². The van der Waals surface area contributed by atoms with Crippen LogP contribution in [0.4, 0.5) is 14.5 Å². The van der Waals surface area contributed by atoms with Crippen LogP contribution >= 0.6 is 0 Å². The summed E-state index contributed by atoms with van der Waals surface area (Å²) < 4.78 is 26.6. The third-order valence-corrected chi connectivity index (χ3v) is 3.22. The fourth-order valence-corrected chi connectivity index (χ4v) is 2.26. The second-order valence-corrected chi connectivity index (χ2v) is 4.71. The van der Waals surface area contributed by atoms with Gasteiger partial charge in [-0.15, -0.1) is 0 Å². The molecule has 0 spiro atoms. The van der Waals surface area contributed by atoms with E-state index in [1.54, 1.807) is 18.3 Å². The van der Waals surface area contributed by atoms with E-state index in [0.29, 0.717) is 22.2 Å². The lowest BCUT2D eigenvalue weighted by Gasteiger charge is -2.05. The van der Waals surface area contributed by atoms with Gasteiger partial charge in [0.05, 0.1) is 6.42 Å². The number of benzene rings is 2. The van der Waals surface area contributed by atoms with Crippen LogP contribution in [-0.4, -0.2) is 10.9 Å². The summed E-state index contributed by atoms with van der Waals surface area (Å²) >= 11 is 0. The highest BCUT2D eigenvalue weighted by Crippen LogP contribution is 2.22. The van der Waals surface area contributed by atoms with Crippen molar-refractivity contribution in [2.24, 2.45) is 0 Å². The van der Waals surface area contributed by atoms with E-state index in [9.17, 15) is 13.6 Å². The number of H-pyrrole nitrogens is 1. The first kappa shape index (κ1) is 13.3. The van der Waals surface area contributed by atoms with E-state index in [0.717, 1.165) is 0 Å². The Morgan fingerprint density at radius 3 is 2.62 bits per heavy atom. The van der Waals surface area contributed by atoms with Gasteiger partial charge < -0.3 is 10.3 Å². The first-order valence-corrected chi connectivity index (χ1v) is 6.43. The average Bonchev–Trinajstić information content (AvgIpc) is 2.86. The van der Waals surface area contributed by atoms with E-state index in [2.05, 4.69) is 10.3 Å². The number of hydrogen-bond acceptors (Lipinski definition) is 1. The topological polar surface area (TPSA) is 44.9 Å². The largest absolute Gasteiger partial charge is 0.361 e. The molecule has 2 N–H and O–H groups in total. The molecule has 0 aliphatic carbocycles. The number of halogens is 2. The number of carbonyl (C=O) groups excluding carboxylic acids is 1. The molecule has 0 bridgehead atoms. The minimum absolute atomic E-state index is 0.0400. The normalized spacial score (nSPS) is 10.8. The standard InChI is InChI=1S/C16H12F2N2O/c17-11-4-6-12(7-5-11)20-15(21)8-10-9-19-14-3-1-2-13(18)16(10)14/h1-7,9,19H,8H2,(H,20,21). The highest BCUT2D eigenvalue weighted by molar-refractivity contribution is 5.95. The maximum Gasteiger partial charge on any atom is 0.228 e. The van der Waals surface area contributed by atoms with Crippen molar-refractivity contribution in [3.8, 4) is 0 Å². The Hall–Kier alpha value is -2.69. The van der Waals surface area contributed by atoms with Crippen molar-refractivity contribution < 1.29 is 13.6 Å². The molecule has 0 atom stereocenters. The van der Waals surface area contributed by atoms with Crippen molar-refractivity contribution >= 4 is 22.5 Å². The van der Waals surface area contributed by atoms with Crippen LogP contribution < -0.4 is 5.32 Å². The number of carbonyl (C=O) groups is 1. The lowest BCUT2D eigenvalue weighted by Crippen LogP contribution is -2.14. The summed E-state index contributed by atoms with van der Waals surface area (Å²) in [5.41, 5.74) is 1.74. The Morgan fingerprint density at radius 2 is 1.86 bits per heavy atom. The molecule has 5 heteroatoms. The smallest absolute Gasteiger partial charge is 0.228 e. The molecule has 1 heterocycles. The molecule has 3 rings (SSSR count). The molecule has 0 saturated heterocycles. The summed E-state index contributed by atoms with van der Waals surface area (Å²) in [4.78, 5) is 14.9. The van der Waals surface area contributed by atoms with E-state index >= 15 is 0 Å². The molecule has 3 nitrogen and oxygen atoms in total. The van der Waals surface area contributed by atoms with Crippen LogP contribution in [0.5, 0.6) is 0 Å². The van der Waals surface area contributed by atoms with Crippen LogP contribution in [0.15, 0.2) is 48.7 Å². The molecule has 0 aliphatic rings. The van der Waals surface area contributed by atoms with Gasteiger partial charge in [-0.1, -0.05) is 6.07 Å². The predicted octanol–water partition coefficient (Wildman–Crippen LogP) is 3.63. The van der Waals surface area contributed by atoms with Crippen molar-refractivity contribution in [2.45, 2.75) is 6.42 Å². The van der Waals surface area contributed by atoms with E-state index in [1.807, 2.05) is 0 Å². The van der Waals surface area contributed by atoms with Crippen molar-refractivity contribution in [1.29, 1.82) is 0 Å². The first-order valence-electron chi connectivity index (χ1n) is 6.43. The minimum Gasteiger partial charge on any atom is -0.361 e. The fourth-order valence-electron chi connectivity index (χ4n) is 2.26. The molecule has 0 fully saturated rings. The second-order valence-electron chi connectivity index (χ2n) is 4.71. The SMILES string of the molecule is O=C(Cc1c[nH]c2cccc(F)c12)Nc1ccc(F)cc1.